The Labute approximate surface area is 93.9 Å². The van der Waals surface area contributed by atoms with Crippen molar-refractivity contribution < 1.29 is 0 Å². The smallest absolute Gasteiger partial charge is 0.000824 e. The van der Waals surface area contributed by atoms with Crippen LogP contribution in [0.3, 0.4) is 0 Å². The van der Waals surface area contributed by atoms with Crippen molar-refractivity contribution in [3.8, 4) is 0 Å². The molecule has 0 radical (unpaired) electrons. The molecule has 0 heterocycles. The summed E-state index contributed by atoms with van der Waals surface area (Å²) in [7, 11) is 0. The largest absolute Gasteiger partial charge is 0.316 e. The highest BCUT2D eigenvalue weighted by Crippen LogP contribution is 2.05. The van der Waals surface area contributed by atoms with Crippen molar-refractivity contribution in [3.63, 3.8) is 0 Å². The maximum Gasteiger partial charge on any atom is -0.000824 e. The van der Waals surface area contributed by atoms with Gasteiger partial charge in [0.25, 0.3) is 0 Å². The van der Waals surface area contributed by atoms with Crippen LogP contribution in [0.25, 0.3) is 0 Å². The first kappa shape index (κ1) is 12.3. The molecular weight excluding hydrogens is 182 g/mol. The lowest BCUT2D eigenvalue weighted by molar-refractivity contribution is 0.554. The second-order valence-corrected chi connectivity index (χ2v) is 4.52. The molecule has 0 spiro atoms. The van der Waals surface area contributed by atoms with Gasteiger partial charge < -0.3 is 5.32 Å². The molecule has 84 valence electrons. The summed E-state index contributed by atoms with van der Waals surface area (Å²) in [5, 5.41) is 3.46. The molecule has 0 aliphatic rings. The Balaban J connectivity index is 2.25. The normalized spacial score (nSPS) is 10.9. The van der Waals surface area contributed by atoms with Crippen LogP contribution in [-0.2, 0) is 12.8 Å². The summed E-state index contributed by atoms with van der Waals surface area (Å²) in [4.78, 5) is 0. The van der Waals surface area contributed by atoms with E-state index in [1.54, 1.807) is 0 Å². The second-order valence-electron chi connectivity index (χ2n) is 4.52. The zero-order chi connectivity index (χ0) is 11.1. The van der Waals surface area contributed by atoms with Crippen molar-refractivity contribution in [3.05, 3.63) is 35.4 Å². The van der Waals surface area contributed by atoms with E-state index < -0.39 is 0 Å². The van der Waals surface area contributed by atoms with E-state index in [0.717, 1.165) is 31.8 Å². The molecule has 0 saturated carbocycles. The molecule has 0 atom stereocenters. The van der Waals surface area contributed by atoms with Crippen molar-refractivity contribution in [2.75, 3.05) is 13.1 Å². The van der Waals surface area contributed by atoms with E-state index in [0.29, 0.717) is 0 Å². The summed E-state index contributed by atoms with van der Waals surface area (Å²) in [6, 6.07) is 8.96. The minimum Gasteiger partial charge on any atom is -0.316 e. The lowest BCUT2D eigenvalue weighted by Crippen LogP contribution is -2.22. The fraction of sp³-hybridized carbons (Fsp3) is 0.571. The molecule has 0 aliphatic heterocycles. The summed E-state index contributed by atoms with van der Waals surface area (Å²) >= 11 is 0. The molecule has 0 amide bonds. The van der Waals surface area contributed by atoms with Gasteiger partial charge in [-0.05, 0) is 43.0 Å². The molecule has 1 N–H and O–H groups in total. The van der Waals surface area contributed by atoms with Gasteiger partial charge >= 0.3 is 0 Å². The van der Waals surface area contributed by atoms with Crippen molar-refractivity contribution in [2.24, 2.45) is 5.92 Å². The van der Waals surface area contributed by atoms with E-state index in [2.05, 4.69) is 50.4 Å². The molecular formula is C14H23N. The van der Waals surface area contributed by atoms with E-state index in [1.807, 2.05) is 0 Å². The number of hydrogen-bond donors (Lipinski definition) is 1. The fourth-order valence-corrected chi connectivity index (χ4v) is 1.57. The first-order valence-electron chi connectivity index (χ1n) is 6.01. The van der Waals surface area contributed by atoms with Crippen LogP contribution in [0.4, 0.5) is 0 Å². The Kier molecular flexibility index (Phi) is 5.41. The van der Waals surface area contributed by atoms with E-state index in [1.165, 1.54) is 11.1 Å². The van der Waals surface area contributed by atoms with E-state index in [4.69, 9.17) is 0 Å². The highest BCUT2D eigenvalue weighted by Gasteiger charge is 1.95. The Morgan fingerprint density at radius 3 is 2.20 bits per heavy atom. The van der Waals surface area contributed by atoms with Gasteiger partial charge in [-0.3, -0.25) is 0 Å². The van der Waals surface area contributed by atoms with Crippen molar-refractivity contribution in [2.45, 2.75) is 33.6 Å². The molecule has 0 saturated heterocycles. The minimum atomic E-state index is 0.743. The zero-order valence-corrected chi connectivity index (χ0v) is 10.2. The Morgan fingerprint density at radius 1 is 1.07 bits per heavy atom. The quantitative estimate of drug-likeness (QED) is 0.704. The highest BCUT2D eigenvalue weighted by atomic mass is 14.8. The van der Waals surface area contributed by atoms with Gasteiger partial charge in [-0.2, -0.15) is 0 Å². The van der Waals surface area contributed by atoms with Crippen molar-refractivity contribution in [1.82, 2.24) is 5.32 Å². The summed E-state index contributed by atoms with van der Waals surface area (Å²) in [5.41, 5.74) is 2.86. The monoisotopic (exact) mass is 205 g/mol. The third-order valence-electron chi connectivity index (χ3n) is 2.57. The van der Waals surface area contributed by atoms with Crippen LogP contribution < -0.4 is 5.32 Å². The van der Waals surface area contributed by atoms with Crippen LogP contribution in [0, 0.1) is 5.92 Å². The average Bonchev–Trinajstić information content (AvgIpc) is 2.25. The standard InChI is InChI=1S/C14H23N/c1-4-13-5-7-14(8-6-13)9-10-15-11-12(2)3/h5-8,12,15H,4,9-11H2,1-3H3. The molecule has 15 heavy (non-hydrogen) atoms. The Morgan fingerprint density at radius 2 is 1.67 bits per heavy atom. The average molecular weight is 205 g/mol. The molecule has 1 aromatic rings. The van der Waals surface area contributed by atoms with Crippen molar-refractivity contribution in [1.29, 1.82) is 0 Å². The molecule has 0 fully saturated rings. The molecule has 1 nitrogen and oxygen atoms in total. The van der Waals surface area contributed by atoms with Crippen molar-refractivity contribution >= 4 is 0 Å². The Hall–Kier alpha value is -0.820. The Bertz CT molecular complexity index is 261. The molecule has 0 bridgehead atoms. The van der Waals surface area contributed by atoms with Crippen LogP contribution in [0.1, 0.15) is 31.9 Å². The van der Waals surface area contributed by atoms with E-state index >= 15 is 0 Å². The molecule has 0 aliphatic carbocycles. The van der Waals surface area contributed by atoms with Gasteiger partial charge in [0.15, 0.2) is 0 Å². The number of aryl methyl sites for hydroxylation is 1. The maximum atomic E-state index is 3.46. The second kappa shape index (κ2) is 6.62. The van der Waals surface area contributed by atoms with Gasteiger partial charge in [0, 0.05) is 0 Å². The summed E-state index contributed by atoms with van der Waals surface area (Å²) in [6.07, 6.45) is 2.27. The van der Waals surface area contributed by atoms with E-state index in [9.17, 15) is 0 Å². The summed E-state index contributed by atoms with van der Waals surface area (Å²) in [6.45, 7) is 8.88. The van der Waals surface area contributed by atoms with Crippen LogP contribution in [0.5, 0.6) is 0 Å². The predicted octanol–water partition coefficient (Wildman–Crippen LogP) is 3.04. The van der Waals surface area contributed by atoms with Gasteiger partial charge in [-0.25, -0.2) is 0 Å². The van der Waals surface area contributed by atoms with Crippen LogP contribution in [0.15, 0.2) is 24.3 Å². The number of benzene rings is 1. The van der Waals surface area contributed by atoms with Gasteiger partial charge in [0.2, 0.25) is 0 Å². The van der Waals surface area contributed by atoms with Crippen LogP contribution >= 0.6 is 0 Å². The van der Waals surface area contributed by atoms with Crippen LogP contribution in [-0.4, -0.2) is 13.1 Å². The lowest BCUT2D eigenvalue weighted by Gasteiger charge is -2.07. The fourth-order valence-electron chi connectivity index (χ4n) is 1.57. The van der Waals surface area contributed by atoms with Gasteiger partial charge in [0.1, 0.15) is 0 Å². The minimum absolute atomic E-state index is 0.743. The number of nitrogens with one attached hydrogen (secondary N) is 1. The molecule has 0 unspecified atom stereocenters. The maximum absolute atomic E-state index is 3.46. The van der Waals surface area contributed by atoms with E-state index in [-0.39, 0.29) is 0 Å². The molecule has 1 heteroatoms. The topological polar surface area (TPSA) is 12.0 Å². The number of hydrogen-bond acceptors (Lipinski definition) is 1. The van der Waals surface area contributed by atoms with Gasteiger partial charge in [0.05, 0.1) is 0 Å². The highest BCUT2D eigenvalue weighted by molar-refractivity contribution is 5.22. The predicted molar refractivity (Wildman–Crippen MR) is 67.2 cm³/mol. The first-order valence-corrected chi connectivity index (χ1v) is 6.01. The molecule has 1 rings (SSSR count). The summed E-state index contributed by atoms with van der Waals surface area (Å²) < 4.78 is 0. The lowest BCUT2D eigenvalue weighted by atomic mass is 10.1. The molecule has 0 aromatic heterocycles. The zero-order valence-electron chi connectivity index (χ0n) is 10.2. The number of rotatable bonds is 6. The third kappa shape index (κ3) is 4.98. The SMILES string of the molecule is CCc1ccc(CCNCC(C)C)cc1. The van der Waals surface area contributed by atoms with Gasteiger partial charge in [-0.15, -0.1) is 0 Å². The first-order chi connectivity index (χ1) is 7.22. The van der Waals surface area contributed by atoms with Gasteiger partial charge in [-0.1, -0.05) is 45.0 Å². The third-order valence-corrected chi connectivity index (χ3v) is 2.57. The van der Waals surface area contributed by atoms with Crippen LogP contribution in [0.2, 0.25) is 0 Å². The summed E-state index contributed by atoms with van der Waals surface area (Å²) in [5.74, 6) is 0.743. The molecule has 1 aromatic carbocycles.